The standard InChI is InChI=1S/C20H21N5O/c26-20(17-6-3-4-10-22-17)23-13-14-25-18-7-2-1-5-16(18)19(24-25)15-8-11-21-12-9-15/h3-4,6,8-12H,1-2,5,7,13-14H2,(H,23,26). The molecule has 132 valence electrons. The SMILES string of the molecule is O=C(NCCn1nc(-c2ccncc2)c2c1CCCC2)c1ccccn1. The number of carbonyl (C=O) groups excluding carboxylic acids is 1. The molecular weight excluding hydrogens is 326 g/mol. The van der Waals surface area contributed by atoms with Gasteiger partial charge in [0.1, 0.15) is 5.69 Å². The number of fused-ring (bicyclic) bond motifs is 1. The Morgan fingerprint density at radius 1 is 1.08 bits per heavy atom. The van der Waals surface area contributed by atoms with Crippen molar-refractivity contribution < 1.29 is 4.79 Å². The number of nitrogens with zero attached hydrogens (tertiary/aromatic N) is 4. The van der Waals surface area contributed by atoms with Crippen LogP contribution in [0.1, 0.15) is 34.6 Å². The summed E-state index contributed by atoms with van der Waals surface area (Å²) in [5, 5.41) is 7.78. The van der Waals surface area contributed by atoms with Gasteiger partial charge >= 0.3 is 0 Å². The zero-order valence-corrected chi connectivity index (χ0v) is 14.6. The molecule has 1 amide bonds. The molecule has 0 bridgehead atoms. The summed E-state index contributed by atoms with van der Waals surface area (Å²) in [4.78, 5) is 20.3. The molecule has 3 aromatic heterocycles. The quantitative estimate of drug-likeness (QED) is 0.770. The number of rotatable bonds is 5. The van der Waals surface area contributed by atoms with Crippen LogP contribution in [0.15, 0.2) is 48.9 Å². The fourth-order valence-corrected chi connectivity index (χ4v) is 3.46. The summed E-state index contributed by atoms with van der Waals surface area (Å²) in [6.07, 6.45) is 9.73. The molecule has 0 radical (unpaired) electrons. The lowest BCUT2D eigenvalue weighted by atomic mass is 9.94. The van der Waals surface area contributed by atoms with Crippen LogP contribution in [0.2, 0.25) is 0 Å². The second-order valence-corrected chi connectivity index (χ2v) is 6.41. The summed E-state index contributed by atoms with van der Waals surface area (Å²) in [5.41, 5.74) is 5.24. The summed E-state index contributed by atoms with van der Waals surface area (Å²) >= 11 is 0. The lowest BCUT2D eigenvalue weighted by molar-refractivity contribution is 0.0947. The first-order valence-corrected chi connectivity index (χ1v) is 9.01. The number of amides is 1. The average molecular weight is 347 g/mol. The van der Waals surface area contributed by atoms with Crippen LogP contribution in [0.4, 0.5) is 0 Å². The molecular formula is C20H21N5O. The Balaban J connectivity index is 1.50. The maximum absolute atomic E-state index is 12.1. The topological polar surface area (TPSA) is 72.7 Å². The maximum atomic E-state index is 12.1. The zero-order chi connectivity index (χ0) is 17.8. The molecule has 3 heterocycles. The van der Waals surface area contributed by atoms with Gasteiger partial charge in [0.2, 0.25) is 0 Å². The lowest BCUT2D eigenvalue weighted by Gasteiger charge is -2.14. The predicted molar refractivity (Wildman–Crippen MR) is 98.7 cm³/mol. The Morgan fingerprint density at radius 2 is 1.92 bits per heavy atom. The highest BCUT2D eigenvalue weighted by Crippen LogP contribution is 2.30. The van der Waals surface area contributed by atoms with E-state index in [1.165, 1.54) is 24.1 Å². The third-order valence-corrected chi connectivity index (χ3v) is 4.72. The maximum Gasteiger partial charge on any atom is 0.269 e. The number of aromatic nitrogens is 4. The molecule has 1 aliphatic rings. The smallest absolute Gasteiger partial charge is 0.269 e. The second kappa shape index (κ2) is 7.47. The van der Waals surface area contributed by atoms with E-state index in [1.807, 2.05) is 18.2 Å². The third-order valence-electron chi connectivity index (χ3n) is 4.72. The van der Waals surface area contributed by atoms with E-state index in [2.05, 4.69) is 20.0 Å². The van der Waals surface area contributed by atoms with Gasteiger partial charge in [-0.05, 0) is 49.9 Å². The monoisotopic (exact) mass is 347 g/mol. The minimum absolute atomic E-state index is 0.152. The molecule has 0 aromatic carbocycles. The van der Waals surface area contributed by atoms with E-state index in [0.717, 1.165) is 24.1 Å². The Kier molecular flexibility index (Phi) is 4.73. The first kappa shape index (κ1) is 16.4. The Hall–Kier alpha value is -3.02. The number of hydrogen-bond donors (Lipinski definition) is 1. The van der Waals surface area contributed by atoms with Crippen LogP contribution in [-0.4, -0.2) is 32.2 Å². The van der Waals surface area contributed by atoms with Gasteiger partial charge in [0.25, 0.3) is 5.91 Å². The summed E-state index contributed by atoms with van der Waals surface area (Å²) in [5.74, 6) is -0.152. The van der Waals surface area contributed by atoms with Gasteiger partial charge in [-0.2, -0.15) is 5.10 Å². The normalized spacial score (nSPS) is 13.2. The molecule has 3 aromatic rings. The molecule has 1 N–H and O–H groups in total. The Labute approximate surface area is 152 Å². The van der Waals surface area contributed by atoms with Crippen molar-refractivity contribution >= 4 is 5.91 Å². The molecule has 26 heavy (non-hydrogen) atoms. The van der Waals surface area contributed by atoms with Crippen molar-refractivity contribution in [3.63, 3.8) is 0 Å². The van der Waals surface area contributed by atoms with Crippen LogP contribution in [-0.2, 0) is 19.4 Å². The van der Waals surface area contributed by atoms with E-state index in [4.69, 9.17) is 5.10 Å². The van der Waals surface area contributed by atoms with Gasteiger partial charge in [-0.1, -0.05) is 6.07 Å². The van der Waals surface area contributed by atoms with E-state index in [0.29, 0.717) is 18.8 Å². The molecule has 0 fully saturated rings. The van der Waals surface area contributed by atoms with Crippen LogP contribution in [0.25, 0.3) is 11.3 Å². The van der Waals surface area contributed by atoms with E-state index in [9.17, 15) is 4.79 Å². The summed E-state index contributed by atoms with van der Waals surface area (Å²) in [6, 6.07) is 9.34. The fourth-order valence-electron chi connectivity index (χ4n) is 3.46. The van der Waals surface area contributed by atoms with Crippen molar-refractivity contribution in [1.82, 2.24) is 25.1 Å². The zero-order valence-electron chi connectivity index (χ0n) is 14.6. The van der Waals surface area contributed by atoms with Gasteiger partial charge < -0.3 is 5.32 Å². The number of carbonyl (C=O) groups is 1. The minimum atomic E-state index is -0.152. The number of hydrogen-bond acceptors (Lipinski definition) is 4. The van der Waals surface area contributed by atoms with Gasteiger partial charge in [0.05, 0.1) is 12.2 Å². The molecule has 0 atom stereocenters. The van der Waals surface area contributed by atoms with Crippen LogP contribution >= 0.6 is 0 Å². The van der Waals surface area contributed by atoms with Gasteiger partial charge in [0, 0.05) is 42.0 Å². The second-order valence-electron chi connectivity index (χ2n) is 6.41. The third kappa shape index (κ3) is 3.35. The fraction of sp³-hybridized carbons (Fsp3) is 0.300. The molecule has 4 rings (SSSR count). The van der Waals surface area contributed by atoms with Gasteiger partial charge in [-0.25, -0.2) is 0 Å². The van der Waals surface area contributed by atoms with E-state index < -0.39 is 0 Å². The van der Waals surface area contributed by atoms with Crippen molar-refractivity contribution in [3.05, 3.63) is 65.9 Å². The molecule has 0 unspecified atom stereocenters. The van der Waals surface area contributed by atoms with Gasteiger partial charge in [-0.3, -0.25) is 19.4 Å². The predicted octanol–water partition coefficient (Wildman–Crippen LogP) is 2.65. The van der Waals surface area contributed by atoms with Crippen molar-refractivity contribution in [2.45, 2.75) is 32.2 Å². The van der Waals surface area contributed by atoms with Crippen molar-refractivity contribution in [1.29, 1.82) is 0 Å². The molecule has 1 aliphatic carbocycles. The van der Waals surface area contributed by atoms with E-state index >= 15 is 0 Å². The molecule has 0 aliphatic heterocycles. The van der Waals surface area contributed by atoms with Crippen molar-refractivity contribution in [2.75, 3.05) is 6.54 Å². The largest absolute Gasteiger partial charge is 0.349 e. The first-order chi connectivity index (χ1) is 12.8. The first-order valence-electron chi connectivity index (χ1n) is 9.01. The molecule has 6 heteroatoms. The van der Waals surface area contributed by atoms with Crippen molar-refractivity contribution in [2.24, 2.45) is 0 Å². The molecule has 0 saturated carbocycles. The number of pyridine rings is 2. The highest BCUT2D eigenvalue weighted by atomic mass is 16.1. The highest BCUT2D eigenvalue weighted by Gasteiger charge is 2.21. The van der Waals surface area contributed by atoms with Crippen molar-refractivity contribution in [3.8, 4) is 11.3 Å². The van der Waals surface area contributed by atoms with E-state index in [1.54, 1.807) is 30.7 Å². The molecule has 0 spiro atoms. The van der Waals surface area contributed by atoms with E-state index in [-0.39, 0.29) is 5.91 Å². The summed E-state index contributed by atoms with van der Waals surface area (Å²) in [6.45, 7) is 1.19. The van der Waals surface area contributed by atoms with Crippen LogP contribution in [0.3, 0.4) is 0 Å². The van der Waals surface area contributed by atoms with Crippen LogP contribution in [0.5, 0.6) is 0 Å². The van der Waals surface area contributed by atoms with Gasteiger partial charge in [0.15, 0.2) is 0 Å². The average Bonchev–Trinajstić information content (AvgIpc) is 3.08. The summed E-state index contributed by atoms with van der Waals surface area (Å²) < 4.78 is 2.06. The Morgan fingerprint density at radius 3 is 2.73 bits per heavy atom. The summed E-state index contributed by atoms with van der Waals surface area (Å²) in [7, 11) is 0. The lowest BCUT2D eigenvalue weighted by Crippen LogP contribution is -2.28. The molecule has 0 saturated heterocycles. The van der Waals surface area contributed by atoms with Crippen LogP contribution < -0.4 is 5.32 Å². The minimum Gasteiger partial charge on any atom is -0.349 e. The van der Waals surface area contributed by atoms with Gasteiger partial charge in [-0.15, -0.1) is 0 Å². The number of nitrogens with one attached hydrogen (secondary N) is 1. The van der Waals surface area contributed by atoms with Crippen LogP contribution in [0, 0.1) is 0 Å². The molecule has 6 nitrogen and oxygen atoms in total. The Bertz CT molecular complexity index is 889. The highest BCUT2D eigenvalue weighted by molar-refractivity contribution is 5.92.